The van der Waals surface area contributed by atoms with Gasteiger partial charge in [-0.15, -0.1) is 0 Å². The quantitative estimate of drug-likeness (QED) is 0.180. The number of benzene rings is 3. The summed E-state index contributed by atoms with van der Waals surface area (Å²) in [6, 6.07) is 22.0. The number of carboxylic acids is 1. The van der Waals surface area contributed by atoms with Crippen LogP contribution >= 0.6 is 0 Å². The Hall–Kier alpha value is -6.32. The van der Waals surface area contributed by atoms with Gasteiger partial charge in [-0.25, -0.2) is 23.6 Å². The molecule has 4 fully saturated rings. The van der Waals surface area contributed by atoms with Crippen molar-refractivity contribution in [2.45, 2.75) is 109 Å². The molecule has 2 N–H and O–H groups in total. The highest BCUT2D eigenvalue weighted by Crippen LogP contribution is 2.44. The molecule has 15 nitrogen and oxygen atoms in total. The van der Waals surface area contributed by atoms with Gasteiger partial charge in [0.1, 0.15) is 30.2 Å². The highest BCUT2D eigenvalue weighted by atomic mass is 19.1. The summed E-state index contributed by atoms with van der Waals surface area (Å²) in [5.41, 5.74) is 2.08. The summed E-state index contributed by atoms with van der Waals surface area (Å²) in [6.07, 6.45) is 1.09. The topological polar surface area (TPSA) is 171 Å². The lowest BCUT2D eigenvalue weighted by Gasteiger charge is -2.31. The second kappa shape index (κ2) is 18.2. The highest BCUT2D eigenvalue weighted by molar-refractivity contribution is 5.85. The van der Waals surface area contributed by atoms with E-state index in [1.54, 1.807) is 36.6 Å². The average Bonchev–Trinajstić information content (AvgIpc) is 4.06. The molecule has 0 radical (unpaired) electrons. The zero-order valence-electron chi connectivity index (χ0n) is 36.5. The number of rotatable bonds is 6. The van der Waals surface area contributed by atoms with Gasteiger partial charge in [-0.05, 0) is 89.3 Å². The molecule has 6 atom stereocenters. The van der Waals surface area contributed by atoms with Gasteiger partial charge in [0.15, 0.2) is 0 Å². The summed E-state index contributed by atoms with van der Waals surface area (Å²) in [6.45, 7) is 12.3. The zero-order valence-corrected chi connectivity index (χ0v) is 36.5. The van der Waals surface area contributed by atoms with Gasteiger partial charge in [-0.1, -0.05) is 60.7 Å². The summed E-state index contributed by atoms with van der Waals surface area (Å²) in [5.74, 6) is -2.40. The van der Waals surface area contributed by atoms with Crippen molar-refractivity contribution in [2.75, 3.05) is 26.2 Å². The van der Waals surface area contributed by atoms with Crippen molar-refractivity contribution in [3.8, 4) is 0 Å². The Bertz CT molecular complexity index is 2290. The Labute approximate surface area is 366 Å². The number of carbonyl (C=O) groups is 5. The number of halogens is 1. The van der Waals surface area contributed by atoms with Crippen LogP contribution in [0, 0.1) is 11.7 Å². The molecule has 0 saturated carbocycles. The fraction of sp³-hybridized carbons (Fsp3) is 0.468. The number of amides is 4. The van der Waals surface area contributed by atoms with Gasteiger partial charge < -0.3 is 48.6 Å². The first kappa shape index (κ1) is 44.7. The standard InChI is InChI=1S/C27H30FN3O4.C20H26N2O6/c1-27(2,3)35-26(33)30-12-11-23-24(30)21(20-14-29-22-13-18(28)9-10-19(20)22)15-31(23)25(32)34-16-17-7-5-4-6-8-17;1-20(2,3)28-19(26)21-10-9-15-16(21)14(17(23)24)11-22(15)18(25)27-12-13-7-5-4-6-8-13/h4-10,13-14,21,23-24,29H,11-12,15-16H2,1-3H3;4-8,14-16H,9-12H2,1-3H3,(H,23,24)/t21-,23-,24-;14-,15+,16+/m10/s1. The number of hydrogen-bond acceptors (Lipinski definition) is 9. The van der Waals surface area contributed by atoms with Crippen LogP contribution in [0.25, 0.3) is 10.9 Å². The van der Waals surface area contributed by atoms with Crippen molar-refractivity contribution in [3.05, 3.63) is 108 Å². The normalized spacial score (nSPS) is 22.8. The van der Waals surface area contributed by atoms with E-state index in [4.69, 9.17) is 18.9 Å². The lowest BCUT2D eigenvalue weighted by atomic mass is 9.91. The van der Waals surface area contributed by atoms with Crippen molar-refractivity contribution in [1.29, 1.82) is 0 Å². The molecule has 16 heteroatoms. The summed E-state index contributed by atoms with van der Waals surface area (Å²) in [4.78, 5) is 72.8. The van der Waals surface area contributed by atoms with Crippen molar-refractivity contribution < 1.29 is 52.4 Å². The molecule has 336 valence electrons. The van der Waals surface area contributed by atoms with Gasteiger partial charge >= 0.3 is 30.3 Å². The number of nitrogens with zero attached hydrogens (tertiary/aromatic N) is 4. The molecule has 0 unspecified atom stereocenters. The lowest BCUT2D eigenvalue weighted by molar-refractivity contribution is -0.142. The molecule has 4 aliphatic heterocycles. The summed E-state index contributed by atoms with van der Waals surface area (Å²) in [5, 5.41) is 10.5. The first-order chi connectivity index (χ1) is 29.9. The number of aliphatic carboxylic acids is 1. The van der Waals surface area contributed by atoms with Crippen LogP contribution in [0.1, 0.15) is 77.0 Å². The molecule has 0 bridgehead atoms. The average molecular weight is 870 g/mol. The van der Waals surface area contributed by atoms with E-state index in [0.717, 1.165) is 22.1 Å². The molecular formula is C47H56FN5O10. The predicted octanol–water partition coefficient (Wildman–Crippen LogP) is 8.14. The number of carbonyl (C=O) groups excluding carboxylic acids is 4. The minimum Gasteiger partial charge on any atom is -0.481 e. The molecule has 5 heterocycles. The first-order valence-electron chi connectivity index (χ1n) is 21.3. The zero-order chi connectivity index (χ0) is 45.2. The number of H-pyrrole nitrogens is 1. The number of aromatic nitrogens is 1. The van der Waals surface area contributed by atoms with E-state index < -0.39 is 53.5 Å². The number of aromatic amines is 1. The molecule has 4 amide bonds. The Balaban J connectivity index is 0.000000194. The van der Waals surface area contributed by atoms with Crippen LogP contribution in [0.5, 0.6) is 0 Å². The van der Waals surface area contributed by atoms with Crippen LogP contribution in [0.4, 0.5) is 23.6 Å². The minimum absolute atomic E-state index is 0.0115. The number of nitrogens with one attached hydrogen (secondary N) is 1. The van der Waals surface area contributed by atoms with Crippen molar-refractivity contribution in [1.82, 2.24) is 24.6 Å². The van der Waals surface area contributed by atoms with Gasteiger partial charge in [0, 0.05) is 49.2 Å². The van der Waals surface area contributed by atoms with Crippen molar-refractivity contribution >= 4 is 41.2 Å². The molecule has 1 aromatic heterocycles. The largest absolute Gasteiger partial charge is 0.481 e. The van der Waals surface area contributed by atoms with Crippen LogP contribution in [0.2, 0.25) is 0 Å². The molecule has 0 spiro atoms. The fourth-order valence-electron chi connectivity index (χ4n) is 9.19. The molecular weight excluding hydrogens is 814 g/mol. The monoisotopic (exact) mass is 869 g/mol. The number of likely N-dealkylation sites (tertiary alicyclic amines) is 4. The number of fused-ring (bicyclic) bond motifs is 3. The molecule has 4 aliphatic rings. The van der Waals surface area contributed by atoms with Gasteiger partial charge in [0.05, 0.1) is 30.1 Å². The Kier molecular flexibility index (Phi) is 12.9. The van der Waals surface area contributed by atoms with Crippen molar-refractivity contribution in [2.24, 2.45) is 5.92 Å². The second-order valence-electron chi connectivity index (χ2n) is 18.4. The molecule has 4 saturated heterocycles. The Morgan fingerprint density at radius 3 is 1.67 bits per heavy atom. The smallest absolute Gasteiger partial charge is 0.410 e. The van der Waals surface area contributed by atoms with Gasteiger partial charge in [0.2, 0.25) is 0 Å². The molecule has 3 aromatic carbocycles. The number of hydrogen-bond donors (Lipinski definition) is 2. The number of carboxylic acid groups (broad SMARTS) is 1. The van der Waals surface area contributed by atoms with E-state index in [0.29, 0.717) is 38.0 Å². The maximum atomic E-state index is 13.8. The van der Waals surface area contributed by atoms with Crippen LogP contribution < -0.4 is 0 Å². The van der Waals surface area contributed by atoms with E-state index in [9.17, 15) is 33.5 Å². The second-order valence-corrected chi connectivity index (χ2v) is 18.4. The van der Waals surface area contributed by atoms with Gasteiger partial charge in [-0.2, -0.15) is 0 Å². The van der Waals surface area contributed by atoms with E-state index in [-0.39, 0.29) is 49.7 Å². The van der Waals surface area contributed by atoms with Crippen LogP contribution in [-0.2, 0) is 37.0 Å². The Morgan fingerprint density at radius 2 is 1.16 bits per heavy atom. The molecule has 8 rings (SSSR count). The fourth-order valence-corrected chi connectivity index (χ4v) is 9.19. The minimum atomic E-state index is -1.04. The predicted molar refractivity (Wildman–Crippen MR) is 229 cm³/mol. The highest BCUT2D eigenvalue weighted by Gasteiger charge is 2.56. The third-order valence-corrected chi connectivity index (χ3v) is 11.8. The van der Waals surface area contributed by atoms with E-state index in [1.807, 2.05) is 87.6 Å². The Morgan fingerprint density at radius 1 is 0.667 bits per heavy atom. The number of ether oxygens (including phenoxy) is 4. The third-order valence-electron chi connectivity index (χ3n) is 11.8. The van der Waals surface area contributed by atoms with Gasteiger partial charge in [0.25, 0.3) is 0 Å². The SMILES string of the molecule is CC(C)(C)OC(=O)N1CC[C@@H]2[C@H]1[C@@H](C(=O)O)CN2C(=O)OCc1ccccc1.CC(C)(C)OC(=O)N1CC[C@@H]2[C@H]1[C@@H](c1c[nH]c3cc(F)ccc13)CN2C(=O)OCc1ccccc1. The van der Waals surface area contributed by atoms with Crippen molar-refractivity contribution in [3.63, 3.8) is 0 Å². The molecule has 0 aliphatic carbocycles. The van der Waals surface area contributed by atoms with Crippen LogP contribution in [0.3, 0.4) is 0 Å². The maximum absolute atomic E-state index is 13.8. The summed E-state index contributed by atoms with van der Waals surface area (Å²) < 4.78 is 36.0. The maximum Gasteiger partial charge on any atom is 0.410 e. The summed E-state index contributed by atoms with van der Waals surface area (Å²) >= 11 is 0. The van der Waals surface area contributed by atoms with Crippen LogP contribution in [-0.4, -0.2) is 122 Å². The van der Waals surface area contributed by atoms with E-state index in [2.05, 4.69) is 4.98 Å². The van der Waals surface area contributed by atoms with Crippen LogP contribution in [0.15, 0.2) is 85.1 Å². The molecule has 4 aromatic rings. The lowest BCUT2D eigenvalue weighted by Crippen LogP contribution is -2.46. The molecule has 63 heavy (non-hydrogen) atoms. The van der Waals surface area contributed by atoms with Gasteiger partial charge in [-0.3, -0.25) is 4.79 Å². The van der Waals surface area contributed by atoms with E-state index >= 15 is 0 Å². The van der Waals surface area contributed by atoms with E-state index in [1.165, 1.54) is 21.9 Å². The third kappa shape index (κ3) is 10.2. The first-order valence-corrected chi connectivity index (χ1v) is 21.3. The summed E-state index contributed by atoms with van der Waals surface area (Å²) in [7, 11) is 0.